The number of anilines is 1. The Balaban J connectivity index is 1.78. The van der Waals surface area contributed by atoms with E-state index in [-0.39, 0.29) is 5.91 Å². The van der Waals surface area contributed by atoms with Gasteiger partial charge in [-0.3, -0.25) is 4.79 Å². The molecule has 0 saturated carbocycles. The summed E-state index contributed by atoms with van der Waals surface area (Å²) < 4.78 is 11.7. The lowest BCUT2D eigenvalue weighted by Gasteiger charge is -2.32. The molecule has 2 aromatic rings. The lowest BCUT2D eigenvalue weighted by atomic mass is 10.0. The van der Waals surface area contributed by atoms with Crippen LogP contribution in [0.2, 0.25) is 5.02 Å². The van der Waals surface area contributed by atoms with Gasteiger partial charge in [-0.15, -0.1) is 0 Å². The number of rotatable bonds is 2. The highest BCUT2D eigenvalue weighted by atomic mass is 35.5. The Labute approximate surface area is 145 Å². The molecule has 1 fully saturated rings. The molecule has 2 aromatic carbocycles. The molecule has 1 saturated heterocycles. The smallest absolute Gasteiger partial charge is 0.292 e. The summed E-state index contributed by atoms with van der Waals surface area (Å²) in [6.07, 6.45) is 0.799. The van der Waals surface area contributed by atoms with Gasteiger partial charge in [-0.2, -0.15) is 0 Å². The van der Waals surface area contributed by atoms with Crippen LogP contribution in [0.25, 0.3) is 0 Å². The van der Waals surface area contributed by atoms with E-state index in [4.69, 9.17) is 21.1 Å². The second-order valence-corrected chi connectivity index (χ2v) is 6.59. The molecule has 0 atom stereocenters. The molecule has 0 aliphatic carbocycles. The van der Waals surface area contributed by atoms with Crippen LogP contribution in [0, 0.1) is 6.92 Å². The Hall–Kier alpha value is -1.88. The molecule has 1 amide bonds. The van der Waals surface area contributed by atoms with Gasteiger partial charge in [-0.05, 0) is 36.6 Å². The molecule has 4 rings (SSSR count). The quantitative estimate of drug-likeness (QED) is 0.832. The third-order valence-corrected chi connectivity index (χ3v) is 4.79. The summed E-state index contributed by atoms with van der Waals surface area (Å²) in [7, 11) is 0. The lowest BCUT2D eigenvalue weighted by molar-refractivity contribution is -0.256. The Morgan fingerprint density at radius 2 is 1.83 bits per heavy atom. The molecule has 0 bridgehead atoms. The molecule has 124 valence electrons. The first-order chi connectivity index (χ1) is 11.6. The first-order valence-electron chi connectivity index (χ1n) is 8.06. The van der Waals surface area contributed by atoms with Crippen LogP contribution in [0.5, 0.6) is 0 Å². The molecule has 0 unspecified atom stereocenters. The van der Waals surface area contributed by atoms with E-state index in [0.29, 0.717) is 24.8 Å². The van der Waals surface area contributed by atoms with Crippen molar-refractivity contribution in [2.45, 2.75) is 25.7 Å². The predicted octanol–water partition coefficient (Wildman–Crippen LogP) is 3.78. The van der Waals surface area contributed by atoms with Crippen molar-refractivity contribution >= 4 is 23.2 Å². The Morgan fingerprint density at radius 1 is 1.12 bits per heavy atom. The fraction of sp³-hybridized carbons (Fsp3) is 0.316. The Morgan fingerprint density at radius 3 is 2.54 bits per heavy atom. The van der Waals surface area contributed by atoms with Gasteiger partial charge < -0.3 is 14.4 Å². The van der Waals surface area contributed by atoms with Crippen molar-refractivity contribution in [3.63, 3.8) is 0 Å². The number of aryl methyl sites for hydroxylation is 1. The summed E-state index contributed by atoms with van der Waals surface area (Å²) >= 11 is 5.96. The number of hydrogen-bond donors (Lipinski definition) is 0. The van der Waals surface area contributed by atoms with Crippen molar-refractivity contribution in [3.05, 3.63) is 64.2 Å². The van der Waals surface area contributed by atoms with Gasteiger partial charge in [0.1, 0.15) is 0 Å². The van der Waals surface area contributed by atoms with Gasteiger partial charge in [0.25, 0.3) is 11.7 Å². The molecular weight excluding hydrogens is 326 g/mol. The number of fused-ring (bicyclic) bond motifs is 2. The van der Waals surface area contributed by atoms with Crippen molar-refractivity contribution in [1.29, 1.82) is 0 Å². The van der Waals surface area contributed by atoms with E-state index in [1.807, 2.05) is 49.4 Å². The average Bonchev–Trinajstić information content (AvgIpc) is 2.82. The summed E-state index contributed by atoms with van der Waals surface area (Å²) in [6.45, 7) is 3.51. The predicted molar refractivity (Wildman–Crippen MR) is 92.0 cm³/mol. The summed E-state index contributed by atoms with van der Waals surface area (Å²) in [5, 5.41) is 0.679. The van der Waals surface area contributed by atoms with E-state index >= 15 is 0 Å². The number of amides is 1. The first-order valence-corrected chi connectivity index (χ1v) is 8.44. The van der Waals surface area contributed by atoms with Crippen LogP contribution < -0.4 is 4.90 Å². The number of carbonyl (C=O) groups excluding carboxylic acids is 1. The standard InChI is InChI=1S/C19H18ClNO3/c1-13-4-2-5-16-17(13)21(12-14-6-8-15(20)9-7-14)18(22)19(16)23-10-3-11-24-19/h2,4-9H,3,10-12H2,1H3. The van der Waals surface area contributed by atoms with Gasteiger partial charge in [0.15, 0.2) is 0 Å². The molecule has 2 aliphatic rings. The Bertz CT molecular complexity index is 782. The average molecular weight is 344 g/mol. The Kier molecular flexibility index (Phi) is 3.83. The van der Waals surface area contributed by atoms with Crippen molar-refractivity contribution in [1.82, 2.24) is 0 Å². The van der Waals surface area contributed by atoms with Gasteiger partial charge >= 0.3 is 0 Å². The summed E-state index contributed by atoms with van der Waals surface area (Å²) in [4.78, 5) is 15.0. The monoisotopic (exact) mass is 343 g/mol. The molecule has 0 radical (unpaired) electrons. The van der Waals surface area contributed by atoms with Gasteiger partial charge in [-0.25, -0.2) is 0 Å². The number of hydrogen-bond acceptors (Lipinski definition) is 3. The molecule has 4 nitrogen and oxygen atoms in total. The zero-order valence-corrected chi connectivity index (χ0v) is 14.2. The zero-order chi connectivity index (χ0) is 16.7. The van der Waals surface area contributed by atoms with Crippen molar-refractivity contribution < 1.29 is 14.3 Å². The normalized spacial score (nSPS) is 18.9. The summed E-state index contributed by atoms with van der Waals surface area (Å²) in [6, 6.07) is 13.4. The number of para-hydroxylation sites is 1. The zero-order valence-electron chi connectivity index (χ0n) is 13.4. The molecule has 0 aromatic heterocycles. The van der Waals surface area contributed by atoms with Crippen LogP contribution >= 0.6 is 11.6 Å². The van der Waals surface area contributed by atoms with Gasteiger partial charge in [-0.1, -0.05) is 41.9 Å². The molecule has 2 aliphatic heterocycles. The van der Waals surface area contributed by atoms with E-state index in [1.165, 1.54) is 0 Å². The third kappa shape index (κ3) is 2.34. The number of carbonyl (C=O) groups is 1. The highest BCUT2D eigenvalue weighted by molar-refractivity contribution is 6.30. The van der Waals surface area contributed by atoms with Crippen LogP contribution in [0.1, 0.15) is 23.1 Å². The van der Waals surface area contributed by atoms with E-state index in [2.05, 4.69) is 0 Å². The molecule has 2 heterocycles. The SMILES string of the molecule is Cc1cccc2c1N(Cc1ccc(Cl)cc1)C(=O)C21OCCCO1. The molecule has 1 spiro atoms. The fourth-order valence-corrected chi connectivity index (χ4v) is 3.54. The van der Waals surface area contributed by atoms with Crippen LogP contribution in [0.3, 0.4) is 0 Å². The number of ether oxygens (including phenoxy) is 2. The van der Waals surface area contributed by atoms with Crippen LogP contribution in [0.4, 0.5) is 5.69 Å². The summed E-state index contributed by atoms with van der Waals surface area (Å²) in [5.74, 6) is -1.44. The maximum Gasteiger partial charge on any atom is 0.292 e. The number of halogens is 1. The summed E-state index contributed by atoms with van der Waals surface area (Å²) in [5.41, 5.74) is 3.74. The number of benzene rings is 2. The van der Waals surface area contributed by atoms with Crippen molar-refractivity contribution in [2.75, 3.05) is 18.1 Å². The minimum absolute atomic E-state index is 0.151. The molecule has 24 heavy (non-hydrogen) atoms. The molecule has 0 N–H and O–H groups in total. The van der Waals surface area contributed by atoms with Gasteiger partial charge in [0.2, 0.25) is 0 Å². The lowest BCUT2D eigenvalue weighted by Crippen LogP contribution is -2.47. The highest BCUT2D eigenvalue weighted by Gasteiger charge is 2.55. The third-order valence-electron chi connectivity index (χ3n) is 4.54. The van der Waals surface area contributed by atoms with Gasteiger partial charge in [0.05, 0.1) is 25.4 Å². The van der Waals surface area contributed by atoms with Crippen LogP contribution in [0.15, 0.2) is 42.5 Å². The fourth-order valence-electron chi connectivity index (χ4n) is 3.41. The van der Waals surface area contributed by atoms with E-state index in [0.717, 1.165) is 28.8 Å². The van der Waals surface area contributed by atoms with E-state index in [9.17, 15) is 4.79 Å². The largest absolute Gasteiger partial charge is 0.338 e. The first kappa shape index (κ1) is 15.6. The molecule has 5 heteroatoms. The van der Waals surface area contributed by atoms with E-state index < -0.39 is 5.79 Å². The number of nitrogens with zero attached hydrogens (tertiary/aromatic N) is 1. The second-order valence-electron chi connectivity index (χ2n) is 6.16. The minimum atomic E-state index is -1.29. The topological polar surface area (TPSA) is 38.8 Å². The second kappa shape index (κ2) is 5.88. The van der Waals surface area contributed by atoms with Crippen LogP contribution in [-0.2, 0) is 26.6 Å². The van der Waals surface area contributed by atoms with E-state index in [1.54, 1.807) is 4.90 Å². The minimum Gasteiger partial charge on any atom is -0.338 e. The van der Waals surface area contributed by atoms with Crippen molar-refractivity contribution in [2.24, 2.45) is 0 Å². The maximum atomic E-state index is 13.2. The van der Waals surface area contributed by atoms with Gasteiger partial charge in [0, 0.05) is 10.6 Å². The molecular formula is C19H18ClNO3. The van der Waals surface area contributed by atoms with Crippen LogP contribution in [-0.4, -0.2) is 19.1 Å². The van der Waals surface area contributed by atoms with Crippen molar-refractivity contribution in [3.8, 4) is 0 Å². The highest BCUT2D eigenvalue weighted by Crippen LogP contribution is 2.47. The maximum absolute atomic E-state index is 13.2.